The van der Waals surface area contributed by atoms with E-state index in [1.54, 1.807) is 6.07 Å². The van der Waals surface area contributed by atoms with Crippen LogP contribution in [0.1, 0.15) is 5.56 Å². The number of carbonyl (C=O) groups excluding carboxylic acids is 2. The third kappa shape index (κ3) is 7.12. The summed E-state index contributed by atoms with van der Waals surface area (Å²) in [6.45, 7) is 4.47. The van der Waals surface area contributed by atoms with Gasteiger partial charge in [0.25, 0.3) is 0 Å². The molecule has 1 saturated heterocycles. The van der Waals surface area contributed by atoms with Crippen LogP contribution in [0.25, 0.3) is 0 Å². The molecule has 160 valence electrons. The molecule has 0 aromatic heterocycles. The number of hydrogen-bond donors (Lipinski definition) is 3. The van der Waals surface area contributed by atoms with Crippen LogP contribution in [0.5, 0.6) is 0 Å². The molecule has 1 heterocycles. The number of benzene rings is 2. The zero-order valence-corrected chi connectivity index (χ0v) is 18.4. The predicted molar refractivity (Wildman–Crippen MR) is 120 cm³/mol. The summed E-state index contributed by atoms with van der Waals surface area (Å²) in [6.07, 6.45) is 0.410. The van der Waals surface area contributed by atoms with Crippen LogP contribution in [0.2, 0.25) is 0 Å². The van der Waals surface area contributed by atoms with Gasteiger partial charge < -0.3 is 20.7 Å². The Morgan fingerprint density at radius 1 is 1.03 bits per heavy atom. The van der Waals surface area contributed by atoms with Crippen LogP contribution in [-0.2, 0) is 16.0 Å². The van der Waals surface area contributed by atoms with Crippen LogP contribution in [-0.4, -0.2) is 62.3 Å². The van der Waals surface area contributed by atoms with Gasteiger partial charge in [0, 0.05) is 37.1 Å². The van der Waals surface area contributed by atoms with Gasteiger partial charge in [0.1, 0.15) is 6.04 Å². The Balaban J connectivity index is 1.58. The summed E-state index contributed by atoms with van der Waals surface area (Å²) >= 11 is 3.41. The second-order valence-electron chi connectivity index (χ2n) is 7.07. The number of ether oxygens (including phenoxy) is 1. The minimum Gasteiger partial charge on any atom is -0.379 e. The second kappa shape index (κ2) is 11.7. The summed E-state index contributed by atoms with van der Waals surface area (Å²) in [5, 5.41) is 8.56. The number of nitrogens with zero attached hydrogens (tertiary/aromatic N) is 1. The third-order valence-electron chi connectivity index (χ3n) is 4.86. The van der Waals surface area contributed by atoms with Crippen molar-refractivity contribution in [1.82, 2.24) is 15.5 Å². The first-order valence-electron chi connectivity index (χ1n) is 10.1. The van der Waals surface area contributed by atoms with Crippen molar-refractivity contribution in [2.45, 2.75) is 12.5 Å². The zero-order chi connectivity index (χ0) is 21.2. The van der Waals surface area contributed by atoms with E-state index in [9.17, 15) is 9.59 Å². The molecule has 1 fully saturated rings. The molecule has 0 bridgehead atoms. The normalized spacial score (nSPS) is 15.2. The van der Waals surface area contributed by atoms with Gasteiger partial charge in [0.15, 0.2) is 0 Å². The highest BCUT2D eigenvalue weighted by Gasteiger charge is 2.22. The van der Waals surface area contributed by atoms with Gasteiger partial charge in [0.05, 0.1) is 18.9 Å². The maximum atomic E-state index is 12.8. The van der Waals surface area contributed by atoms with E-state index < -0.39 is 12.1 Å². The molecule has 0 radical (unpaired) electrons. The molecule has 3 N–H and O–H groups in total. The van der Waals surface area contributed by atoms with Crippen LogP contribution >= 0.6 is 15.9 Å². The lowest BCUT2D eigenvalue weighted by Crippen LogP contribution is -2.51. The highest BCUT2D eigenvalue weighted by molar-refractivity contribution is 9.10. The maximum absolute atomic E-state index is 12.8. The lowest BCUT2D eigenvalue weighted by atomic mass is 10.1. The van der Waals surface area contributed by atoms with Gasteiger partial charge in [-0.2, -0.15) is 0 Å². The molecule has 1 unspecified atom stereocenters. The number of carbonyl (C=O) groups is 2. The third-order valence-corrected chi connectivity index (χ3v) is 5.55. The molecule has 0 aliphatic carbocycles. The number of amides is 3. The average Bonchev–Trinajstić information content (AvgIpc) is 2.76. The van der Waals surface area contributed by atoms with E-state index in [0.717, 1.165) is 42.9 Å². The SMILES string of the molecule is O=C(Nc1ccccc1Br)NC(Cc1ccccc1)C(=O)NCCN1CCOCC1. The maximum Gasteiger partial charge on any atom is 0.319 e. The Kier molecular flexibility index (Phi) is 8.67. The first-order chi connectivity index (χ1) is 14.6. The van der Waals surface area contributed by atoms with Crippen molar-refractivity contribution in [1.29, 1.82) is 0 Å². The monoisotopic (exact) mass is 474 g/mol. The van der Waals surface area contributed by atoms with Gasteiger partial charge in [-0.1, -0.05) is 42.5 Å². The van der Waals surface area contributed by atoms with Gasteiger partial charge in [-0.25, -0.2) is 4.79 Å². The van der Waals surface area contributed by atoms with Gasteiger partial charge in [-0.3, -0.25) is 9.69 Å². The zero-order valence-electron chi connectivity index (χ0n) is 16.8. The largest absolute Gasteiger partial charge is 0.379 e. The van der Waals surface area contributed by atoms with E-state index in [2.05, 4.69) is 36.8 Å². The minimum absolute atomic E-state index is 0.200. The van der Waals surface area contributed by atoms with E-state index in [1.165, 1.54) is 0 Å². The molecule has 0 spiro atoms. The van der Waals surface area contributed by atoms with Crippen molar-refractivity contribution in [3.05, 3.63) is 64.6 Å². The molecule has 2 aromatic carbocycles. The second-order valence-corrected chi connectivity index (χ2v) is 7.92. The van der Waals surface area contributed by atoms with Gasteiger partial charge in [-0.05, 0) is 33.6 Å². The fourth-order valence-corrected chi connectivity index (χ4v) is 3.61. The average molecular weight is 475 g/mol. The van der Waals surface area contributed by atoms with Gasteiger partial charge in [0.2, 0.25) is 5.91 Å². The summed E-state index contributed by atoms with van der Waals surface area (Å²) in [4.78, 5) is 27.6. The quantitative estimate of drug-likeness (QED) is 0.549. The Morgan fingerprint density at radius 2 is 1.73 bits per heavy atom. The Morgan fingerprint density at radius 3 is 2.47 bits per heavy atom. The van der Waals surface area contributed by atoms with Gasteiger partial charge >= 0.3 is 6.03 Å². The van der Waals surface area contributed by atoms with Gasteiger partial charge in [-0.15, -0.1) is 0 Å². The predicted octanol–water partition coefficient (Wildman–Crippen LogP) is 2.63. The number of morpholine rings is 1. The number of urea groups is 1. The molecule has 8 heteroatoms. The first-order valence-corrected chi connectivity index (χ1v) is 10.8. The lowest BCUT2D eigenvalue weighted by molar-refractivity contribution is -0.122. The lowest BCUT2D eigenvalue weighted by Gasteiger charge is -2.27. The summed E-state index contributed by atoms with van der Waals surface area (Å²) in [7, 11) is 0. The van der Waals surface area contributed by atoms with Crippen molar-refractivity contribution >= 4 is 33.6 Å². The standard InChI is InChI=1S/C22H27BrN4O3/c23-18-8-4-5-9-19(18)25-22(29)26-20(16-17-6-2-1-3-7-17)21(28)24-10-11-27-12-14-30-15-13-27/h1-9,20H,10-16H2,(H,24,28)(H2,25,26,29). The fraction of sp³-hybridized carbons (Fsp3) is 0.364. The number of nitrogens with one attached hydrogen (secondary N) is 3. The van der Waals surface area contributed by atoms with Crippen molar-refractivity contribution in [2.24, 2.45) is 0 Å². The van der Waals surface area contributed by atoms with E-state index in [1.807, 2.05) is 48.5 Å². The molecule has 2 aromatic rings. The van der Waals surface area contributed by atoms with Crippen molar-refractivity contribution in [3.63, 3.8) is 0 Å². The molecule has 1 atom stereocenters. The number of anilines is 1. The minimum atomic E-state index is -0.681. The number of hydrogen-bond acceptors (Lipinski definition) is 4. The summed E-state index contributed by atoms with van der Waals surface area (Å²) < 4.78 is 6.12. The first kappa shape index (κ1) is 22.3. The number of halogens is 1. The van der Waals surface area contributed by atoms with Crippen LogP contribution in [0.15, 0.2) is 59.1 Å². The Bertz CT molecular complexity index is 828. The molecule has 3 rings (SSSR count). The Hall–Kier alpha value is -2.42. The molecular weight excluding hydrogens is 448 g/mol. The molecule has 30 heavy (non-hydrogen) atoms. The van der Waals surface area contributed by atoms with Crippen molar-refractivity contribution < 1.29 is 14.3 Å². The van der Waals surface area contributed by atoms with E-state index in [4.69, 9.17) is 4.74 Å². The van der Waals surface area contributed by atoms with Crippen LogP contribution in [0, 0.1) is 0 Å². The molecular formula is C22H27BrN4O3. The number of rotatable bonds is 8. The smallest absolute Gasteiger partial charge is 0.319 e. The van der Waals surface area contributed by atoms with E-state index >= 15 is 0 Å². The van der Waals surface area contributed by atoms with Crippen LogP contribution in [0.3, 0.4) is 0 Å². The molecule has 1 aliphatic rings. The summed E-state index contributed by atoms with van der Waals surface area (Å²) in [5.74, 6) is -0.200. The highest BCUT2D eigenvalue weighted by atomic mass is 79.9. The molecule has 7 nitrogen and oxygen atoms in total. The van der Waals surface area contributed by atoms with Crippen LogP contribution in [0.4, 0.5) is 10.5 Å². The fourth-order valence-electron chi connectivity index (χ4n) is 3.22. The van der Waals surface area contributed by atoms with E-state index in [-0.39, 0.29) is 5.91 Å². The van der Waals surface area contributed by atoms with E-state index in [0.29, 0.717) is 18.7 Å². The molecule has 1 aliphatic heterocycles. The van der Waals surface area contributed by atoms with Crippen molar-refractivity contribution in [3.8, 4) is 0 Å². The van der Waals surface area contributed by atoms with Crippen LogP contribution < -0.4 is 16.0 Å². The highest BCUT2D eigenvalue weighted by Crippen LogP contribution is 2.21. The molecule has 3 amide bonds. The number of para-hydroxylation sites is 1. The summed E-state index contributed by atoms with van der Waals surface area (Å²) in [6, 6.07) is 15.9. The topological polar surface area (TPSA) is 82.7 Å². The Labute approximate surface area is 185 Å². The molecule has 0 saturated carbocycles. The summed E-state index contributed by atoms with van der Waals surface area (Å²) in [5.41, 5.74) is 1.62. The van der Waals surface area contributed by atoms with Crippen molar-refractivity contribution in [2.75, 3.05) is 44.7 Å².